The maximum absolute atomic E-state index is 12.5. The highest BCUT2D eigenvalue weighted by Gasteiger charge is 2.38. The molecule has 108 valence electrons. The lowest BCUT2D eigenvalue weighted by Crippen LogP contribution is -2.34. The Labute approximate surface area is 115 Å². The summed E-state index contributed by atoms with van der Waals surface area (Å²) in [6.07, 6.45) is -0.826. The van der Waals surface area contributed by atoms with Gasteiger partial charge < -0.3 is 5.32 Å². The molecular formula is C13H19F3N2S. The smallest absolute Gasteiger partial charge is 0.316 e. The third kappa shape index (κ3) is 3.69. The Morgan fingerprint density at radius 2 is 2.16 bits per heavy atom. The molecule has 1 saturated carbocycles. The Kier molecular flexibility index (Phi) is 4.50. The second-order valence-corrected chi connectivity index (χ2v) is 6.62. The summed E-state index contributed by atoms with van der Waals surface area (Å²) >= 11 is 0.803. The number of hydrogen-bond acceptors (Lipinski definition) is 3. The summed E-state index contributed by atoms with van der Waals surface area (Å²) in [5.74, 6) is 1.31. The first-order chi connectivity index (χ1) is 8.88. The molecule has 1 heterocycles. The quantitative estimate of drug-likeness (QED) is 0.890. The lowest BCUT2D eigenvalue weighted by molar-refractivity contribution is -0.137. The zero-order valence-corrected chi connectivity index (χ0v) is 11.9. The van der Waals surface area contributed by atoms with E-state index < -0.39 is 11.2 Å². The molecule has 1 aliphatic rings. The van der Waals surface area contributed by atoms with Crippen LogP contribution in [0, 0.1) is 11.8 Å². The van der Waals surface area contributed by atoms with E-state index in [2.05, 4.69) is 24.1 Å². The monoisotopic (exact) mass is 292 g/mol. The van der Waals surface area contributed by atoms with Crippen molar-refractivity contribution in [3.63, 3.8) is 0 Å². The summed E-state index contributed by atoms with van der Waals surface area (Å²) in [5, 5.41) is 2.67. The molecule has 0 spiro atoms. The predicted molar refractivity (Wildman–Crippen MR) is 70.3 cm³/mol. The summed E-state index contributed by atoms with van der Waals surface area (Å²) in [6, 6.07) is 0. The van der Waals surface area contributed by atoms with Gasteiger partial charge in [-0.05, 0) is 43.7 Å². The number of nitrogens with zero attached hydrogens (tertiary/aromatic N) is 1. The first-order valence-electron chi connectivity index (χ1n) is 6.61. The van der Waals surface area contributed by atoms with Gasteiger partial charge in [0.05, 0.1) is 0 Å². The van der Waals surface area contributed by atoms with E-state index in [-0.39, 0.29) is 5.92 Å². The van der Waals surface area contributed by atoms with Crippen molar-refractivity contribution in [2.24, 2.45) is 11.8 Å². The first-order valence-corrected chi connectivity index (χ1v) is 7.43. The van der Waals surface area contributed by atoms with E-state index in [9.17, 15) is 13.2 Å². The zero-order valence-electron chi connectivity index (χ0n) is 11.1. The number of halogens is 3. The molecule has 1 aromatic heterocycles. The molecular weight excluding hydrogens is 273 g/mol. The van der Waals surface area contributed by atoms with Crippen LogP contribution in [0.15, 0.2) is 6.20 Å². The molecule has 2 nitrogen and oxygen atoms in total. The van der Waals surface area contributed by atoms with E-state index >= 15 is 0 Å². The van der Waals surface area contributed by atoms with Crippen LogP contribution in [0.2, 0.25) is 0 Å². The Bertz CT molecular complexity index is 414. The van der Waals surface area contributed by atoms with Crippen LogP contribution in [-0.2, 0) is 6.18 Å². The van der Waals surface area contributed by atoms with Gasteiger partial charge in [-0.25, -0.2) is 4.98 Å². The maximum Gasteiger partial charge on any atom is 0.443 e. The molecule has 0 aliphatic heterocycles. The highest BCUT2D eigenvalue weighted by molar-refractivity contribution is 7.11. The highest BCUT2D eigenvalue weighted by Crippen LogP contribution is 2.45. The van der Waals surface area contributed by atoms with Gasteiger partial charge in [-0.1, -0.05) is 13.8 Å². The molecule has 0 aromatic carbocycles. The van der Waals surface area contributed by atoms with Gasteiger partial charge >= 0.3 is 6.18 Å². The van der Waals surface area contributed by atoms with Gasteiger partial charge in [0.15, 0.2) is 5.01 Å². The van der Waals surface area contributed by atoms with E-state index in [1.54, 1.807) is 0 Å². The lowest BCUT2D eigenvalue weighted by Gasteiger charge is -2.36. The van der Waals surface area contributed by atoms with E-state index in [1.807, 2.05) is 0 Å². The van der Waals surface area contributed by atoms with Crippen molar-refractivity contribution in [3.8, 4) is 0 Å². The van der Waals surface area contributed by atoms with E-state index in [4.69, 9.17) is 0 Å². The Morgan fingerprint density at radius 3 is 2.63 bits per heavy atom. The highest BCUT2D eigenvalue weighted by atomic mass is 32.1. The van der Waals surface area contributed by atoms with Crippen LogP contribution in [0.25, 0.3) is 0 Å². The van der Waals surface area contributed by atoms with Gasteiger partial charge in [-0.3, -0.25) is 0 Å². The van der Waals surface area contributed by atoms with Crippen LogP contribution in [0.3, 0.4) is 0 Å². The van der Waals surface area contributed by atoms with Gasteiger partial charge in [0.25, 0.3) is 0 Å². The fourth-order valence-corrected chi connectivity index (χ4v) is 3.35. The minimum Gasteiger partial charge on any atom is -0.316 e. The molecule has 19 heavy (non-hydrogen) atoms. The van der Waals surface area contributed by atoms with E-state index in [1.165, 1.54) is 6.20 Å². The van der Waals surface area contributed by atoms with Gasteiger partial charge in [-0.15, -0.1) is 11.3 Å². The second kappa shape index (κ2) is 5.79. The van der Waals surface area contributed by atoms with Crippen molar-refractivity contribution >= 4 is 11.3 Å². The van der Waals surface area contributed by atoms with Crippen LogP contribution < -0.4 is 5.32 Å². The SMILES string of the molecule is CC(C)CNCC1CCC1c1cnc(C(F)(F)F)s1. The number of hydrogen-bond donors (Lipinski definition) is 1. The first kappa shape index (κ1) is 14.8. The zero-order chi connectivity index (χ0) is 14.0. The predicted octanol–water partition coefficient (Wildman–Crippen LogP) is 3.90. The average Bonchev–Trinajstić information content (AvgIpc) is 2.71. The maximum atomic E-state index is 12.5. The topological polar surface area (TPSA) is 24.9 Å². The lowest BCUT2D eigenvalue weighted by atomic mass is 9.73. The molecule has 2 unspecified atom stereocenters. The second-order valence-electron chi connectivity index (χ2n) is 5.56. The fraction of sp³-hybridized carbons (Fsp3) is 0.769. The fourth-order valence-electron chi connectivity index (χ4n) is 2.33. The Morgan fingerprint density at radius 1 is 1.42 bits per heavy atom. The minimum atomic E-state index is -4.31. The molecule has 0 bridgehead atoms. The van der Waals surface area contributed by atoms with Crippen molar-refractivity contribution in [2.45, 2.75) is 38.8 Å². The molecule has 0 amide bonds. The van der Waals surface area contributed by atoms with Crippen molar-refractivity contribution in [2.75, 3.05) is 13.1 Å². The molecule has 1 N–H and O–H groups in total. The van der Waals surface area contributed by atoms with Crippen molar-refractivity contribution in [3.05, 3.63) is 16.1 Å². The molecule has 0 saturated heterocycles. The average molecular weight is 292 g/mol. The number of thiazole rings is 1. The molecule has 2 rings (SSSR count). The van der Waals surface area contributed by atoms with Gasteiger partial charge in [0.1, 0.15) is 0 Å². The Balaban J connectivity index is 1.90. The normalized spacial score (nSPS) is 23.7. The molecule has 1 fully saturated rings. The van der Waals surface area contributed by atoms with Crippen molar-refractivity contribution in [1.82, 2.24) is 10.3 Å². The summed E-state index contributed by atoms with van der Waals surface area (Å²) < 4.78 is 37.5. The number of rotatable bonds is 5. The summed E-state index contributed by atoms with van der Waals surface area (Å²) in [4.78, 5) is 4.29. The number of nitrogens with one attached hydrogen (secondary N) is 1. The van der Waals surface area contributed by atoms with Crippen LogP contribution in [-0.4, -0.2) is 18.1 Å². The molecule has 6 heteroatoms. The van der Waals surface area contributed by atoms with E-state index in [0.717, 1.165) is 42.1 Å². The molecule has 1 aromatic rings. The molecule has 2 atom stereocenters. The Hall–Kier alpha value is -0.620. The molecule has 0 radical (unpaired) electrons. The van der Waals surface area contributed by atoms with Crippen molar-refractivity contribution in [1.29, 1.82) is 0 Å². The van der Waals surface area contributed by atoms with Gasteiger partial charge in [-0.2, -0.15) is 13.2 Å². The summed E-state index contributed by atoms with van der Waals surface area (Å²) in [7, 11) is 0. The van der Waals surface area contributed by atoms with Crippen LogP contribution >= 0.6 is 11.3 Å². The van der Waals surface area contributed by atoms with Gasteiger partial charge in [0, 0.05) is 11.1 Å². The minimum absolute atomic E-state index is 0.258. The third-order valence-corrected chi connectivity index (χ3v) is 4.68. The molecule has 1 aliphatic carbocycles. The van der Waals surface area contributed by atoms with Gasteiger partial charge in [0.2, 0.25) is 0 Å². The van der Waals surface area contributed by atoms with Crippen LogP contribution in [0.4, 0.5) is 13.2 Å². The number of alkyl halides is 3. The van der Waals surface area contributed by atoms with Crippen molar-refractivity contribution < 1.29 is 13.2 Å². The summed E-state index contributed by atoms with van der Waals surface area (Å²) in [6.45, 7) is 6.13. The largest absolute Gasteiger partial charge is 0.443 e. The number of aromatic nitrogens is 1. The summed E-state index contributed by atoms with van der Waals surface area (Å²) in [5.41, 5.74) is 0. The van der Waals surface area contributed by atoms with E-state index in [0.29, 0.717) is 11.8 Å². The third-order valence-electron chi connectivity index (χ3n) is 3.51. The standard InChI is InChI=1S/C13H19F3N2S/c1-8(2)5-17-6-9-3-4-10(9)11-7-18-12(19-11)13(14,15)16/h7-10,17H,3-6H2,1-2H3. The van der Waals surface area contributed by atoms with Crippen LogP contribution in [0.1, 0.15) is 42.5 Å². The van der Waals surface area contributed by atoms with Crippen LogP contribution in [0.5, 0.6) is 0 Å².